The minimum atomic E-state index is -0.486. The molecule has 5 rings (SSSR count). The standard InChI is InChI=1S/C24H23FN6O3/c1-2-21(32)31-12-3-4-19(27-11-13-31)34-20-8-6-17-23(30-20)24(29-14-28-17)33-18-7-5-16-15(22(18)25)9-10-26-16/h2,5-10,14,19,26-27H,1,3-4,11-13H2. The third kappa shape index (κ3) is 4.40. The maximum atomic E-state index is 14.9. The lowest BCUT2D eigenvalue weighted by molar-refractivity contribution is -0.126. The van der Waals surface area contributed by atoms with Gasteiger partial charge in [0.15, 0.2) is 23.3 Å². The number of halogens is 1. The molecule has 0 saturated carbocycles. The fraction of sp³-hybridized carbons (Fsp3) is 0.250. The molecule has 0 radical (unpaired) electrons. The zero-order valence-electron chi connectivity index (χ0n) is 18.3. The molecule has 1 aromatic carbocycles. The number of benzene rings is 1. The minimum absolute atomic E-state index is 0.0422. The van der Waals surface area contributed by atoms with Crippen molar-refractivity contribution in [2.24, 2.45) is 0 Å². The van der Waals surface area contributed by atoms with Crippen LogP contribution in [0.15, 0.2) is 55.5 Å². The SMILES string of the molecule is C=CC(=O)N1CCCC(Oc2ccc3ncnc(Oc4ccc5[nH]ccc5c4F)c3n2)NCC1. The molecule has 2 N–H and O–H groups in total. The number of carbonyl (C=O) groups excluding carboxylic acids is 1. The van der Waals surface area contributed by atoms with Crippen molar-refractivity contribution >= 4 is 27.8 Å². The van der Waals surface area contributed by atoms with Crippen LogP contribution in [0.4, 0.5) is 4.39 Å². The summed E-state index contributed by atoms with van der Waals surface area (Å²) in [6, 6.07) is 8.41. The average Bonchev–Trinajstić information content (AvgIpc) is 3.32. The van der Waals surface area contributed by atoms with Gasteiger partial charge in [0.25, 0.3) is 0 Å². The van der Waals surface area contributed by atoms with Crippen LogP contribution in [-0.4, -0.2) is 56.6 Å². The zero-order valence-corrected chi connectivity index (χ0v) is 18.3. The van der Waals surface area contributed by atoms with Crippen molar-refractivity contribution in [1.29, 1.82) is 0 Å². The monoisotopic (exact) mass is 462 g/mol. The van der Waals surface area contributed by atoms with Crippen LogP contribution in [0, 0.1) is 5.82 Å². The van der Waals surface area contributed by atoms with Crippen molar-refractivity contribution in [2.75, 3.05) is 19.6 Å². The van der Waals surface area contributed by atoms with E-state index in [1.807, 2.05) is 0 Å². The molecule has 34 heavy (non-hydrogen) atoms. The number of carbonyl (C=O) groups is 1. The van der Waals surface area contributed by atoms with Gasteiger partial charge in [-0.25, -0.2) is 14.4 Å². The number of hydrogen-bond donors (Lipinski definition) is 2. The van der Waals surface area contributed by atoms with Crippen molar-refractivity contribution in [3.8, 4) is 17.5 Å². The molecule has 1 aliphatic heterocycles. The quantitative estimate of drug-likeness (QED) is 0.437. The number of fused-ring (bicyclic) bond motifs is 2. The lowest BCUT2D eigenvalue weighted by Crippen LogP contribution is -2.45. The molecule has 174 valence electrons. The van der Waals surface area contributed by atoms with Gasteiger partial charge in [-0.15, -0.1) is 0 Å². The number of ether oxygens (including phenoxy) is 2. The van der Waals surface area contributed by atoms with Crippen LogP contribution in [0.3, 0.4) is 0 Å². The summed E-state index contributed by atoms with van der Waals surface area (Å²) in [5, 5.41) is 3.73. The lowest BCUT2D eigenvalue weighted by Gasteiger charge is -2.28. The maximum Gasteiger partial charge on any atom is 0.249 e. The first kappa shape index (κ1) is 21.8. The molecule has 10 heteroatoms. The molecule has 0 spiro atoms. The van der Waals surface area contributed by atoms with E-state index in [9.17, 15) is 9.18 Å². The summed E-state index contributed by atoms with van der Waals surface area (Å²) in [6.07, 6.45) is 5.53. The third-order valence-electron chi connectivity index (χ3n) is 5.66. The number of nitrogens with zero attached hydrogens (tertiary/aromatic N) is 4. The summed E-state index contributed by atoms with van der Waals surface area (Å²) >= 11 is 0. The van der Waals surface area contributed by atoms with Gasteiger partial charge in [-0.2, -0.15) is 4.98 Å². The fourth-order valence-corrected chi connectivity index (χ4v) is 3.94. The van der Waals surface area contributed by atoms with Gasteiger partial charge in [0.2, 0.25) is 17.7 Å². The van der Waals surface area contributed by atoms with E-state index in [1.54, 1.807) is 41.4 Å². The van der Waals surface area contributed by atoms with E-state index in [0.29, 0.717) is 53.9 Å². The van der Waals surface area contributed by atoms with Crippen LogP contribution in [0.2, 0.25) is 0 Å². The Balaban J connectivity index is 1.35. The Morgan fingerprint density at radius 1 is 1.21 bits per heavy atom. The van der Waals surface area contributed by atoms with Crippen molar-refractivity contribution in [3.63, 3.8) is 0 Å². The summed E-state index contributed by atoms with van der Waals surface area (Å²) in [6.45, 7) is 5.33. The molecule has 9 nitrogen and oxygen atoms in total. The maximum absolute atomic E-state index is 14.9. The zero-order chi connectivity index (χ0) is 23.5. The second kappa shape index (κ2) is 9.44. The Hall–Kier alpha value is -4.05. The topological polar surface area (TPSA) is 105 Å². The Kier molecular flexibility index (Phi) is 6.05. The van der Waals surface area contributed by atoms with Crippen LogP contribution >= 0.6 is 0 Å². The normalized spacial score (nSPS) is 16.7. The summed E-state index contributed by atoms with van der Waals surface area (Å²) in [5.41, 5.74) is 1.58. The Morgan fingerprint density at radius 2 is 2.12 bits per heavy atom. The van der Waals surface area contributed by atoms with Gasteiger partial charge in [0, 0.05) is 42.8 Å². The van der Waals surface area contributed by atoms with Crippen LogP contribution in [0.25, 0.3) is 21.9 Å². The molecular formula is C24H23FN6O3. The van der Waals surface area contributed by atoms with Gasteiger partial charge in [0.1, 0.15) is 6.33 Å². The largest absolute Gasteiger partial charge is 0.459 e. The molecule has 1 aliphatic rings. The molecule has 1 unspecified atom stereocenters. The van der Waals surface area contributed by atoms with Gasteiger partial charge >= 0.3 is 0 Å². The molecule has 1 fully saturated rings. The number of pyridine rings is 1. The van der Waals surface area contributed by atoms with Crippen LogP contribution in [0.1, 0.15) is 12.8 Å². The van der Waals surface area contributed by atoms with Gasteiger partial charge in [-0.1, -0.05) is 6.58 Å². The summed E-state index contributed by atoms with van der Waals surface area (Å²) in [4.78, 5) is 29.5. The summed E-state index contributed by atoms with van der Waals surface area (Å²) < 4.78 is 26.7. The number of rotatable bonds is 5. The van der Waals surface area contributed by atoms with E-state index < -0.39 is 5.82 Å². The van der Waals surface area contributed by atoms with Crippen molar-refractivity contribution in [1.82, 2.24) is 30.2 Å². The highest BCUT2D eigenvalue weighted by Crippen LogP contribution is 2.32. The number of aromatic nitrogens is 4. The molecule has 1 saturated heterocycles. The smallest absolute Gasteiger partial charge is 0.249 e. The van der Waals surface area contributed by atoms with Crippen molar-refractivity contribution in [3.05, 3.63) is 61.3 Å². The number of aromatic amines is 1. The Bertz CT molecular complexity index is 1350. The van der Waals surface area contributed by atoms with Crippen LogP contribution in [-0.2, 0) is 4.79 Å². The van der Waals surface area contributed by atoms with E-state index in [1.165, 1.54) is 12.4 Å². The predicted molar refractivity (Wildman–Crippen MR) is 124 cm³/mol. The van der Waals surface area contributed by atoms with E-state index >= 15 is 0 Å². The number of amides is 1. The number of H-pyrrole nitrogens is 1. The first-order chi connectivity index (χ1) is 16.6. The van der Waals surface area contributed by atoms with Gasteiger partial charge in [-0.05, 0) is 43.2 Å². The molecule has 0 bridgehead atoms. The number of hydrogen-bond acceptors (Lipinski definition) is 7. The first-order valence-corrected chi connectivity index (χ1v) is 11.0. The van der Waals surface area contributed by atoms with E-state index in [4.69, 9.17) is 9.47 Å². The fourth-order valence-electron chi connectivity index (χ4n) is 3.94. The lowest BCUT2D eigenvalue weighted by atomic mass is 10.2. The molecule has 3 aromatic heterocycles. The minimum Gasteiger partial charge on any atom is -0.459 e. The second-order valence-corrected chi connectivity index (χ2v) is 7.85. The van der Waals surface area contributed by atoms with Gasteiger partial charge < -0.3 is 19.4 Å². The van der Waals surface area contributed by atoms with Crippen LogP contribution in [0.5, 0.6) is 17.5 Å². The molecule has 1 amide bonds. The molecule has 0 aliphatic carbocycles. The van der Waals surface area contributed by atoms with E-state index in [0.717, 1.165) is 6.42 Å². The molecule has 1 atom stereocenters. The van der Waals surface area contributed by atoms with Crippen molar-refractivity contribution < 1.29 is 18.7 Å². The molecular weight excluding hydrogens is 439 g/mol. The third-order valence-corrected chi connectivity index (χ3v) is 5.66. The molecule has 4 aromatic rings. The highest BCUT2D eigenvalue weighted by molar-refractivity contribution is 5.87. The first-order valence-electron chi connectivity index (χ1n) is 11.0. The van der Waals surface area contributed by atoms with Crippen LogP contribution < -0.4 is 14.8 Å². The van der Waals surface area contributed by atoms with E-state index in [2.05, 4.69) is 31.8 Å². The van der Waals surface area contributed by atoms with E-state index in [-0.39, 0.29) is 23.8 Å². The second-order valence-electron chi connectivity index (χ2n) is 7.85. The highest BCUT2D eigenvalue weighted by Gasteiger charge is 2.19. The summed E-state index contributed by atoms with van der Waals surface area (Å²) in [5.74, 6) is -0.0163. The Labute approximate surface area is 194 Å². The predicted octanol–water partition coefficient (Wildman–Crippen LogP) is 3.54. The molecule has 4 heterocycles. The summed E-state index contributed by atoms with van der Waals surface area (Å²) in [7, 11) is 0. The van der Waals surface area contributed by atoms with Gasteiger partial charge in [0.05, 0.1) is 5.52 Å². The Morgan fingerprint density at radius 3 is 3.00 bits per heavy atom. The highest BCUT2D eigenvalue weighted by atomic mass is 19.1. The van der Waals surface area contributed by atoms with Gasteiger partial charge in [-0.3, -0.25) is 10.1 Å². The van der Waals surface area contributed by atoms with Crippen molar-refractivity contribution in [2.45, 2.75) is 19.1 Å². The average molecular weight is 462 g/mol. The number of nitrogens with one attached hydrogen (secondary N) is 2.